The van der Waals surface area contributed by atoms with E-state index in [1.54, 1.807) is 6.92 Å². The molecular weight excluding hydrogens is 300 g/mol. The zero-order valence-electron chi connectivity index (χ0n) is 11.2. The van der Waals surface area contributed by atoms with Crippen LogP contribution in [0.25, 0.3) is 0 Å². The first-order valence-corrected chi connectivity index (χ1v) is 5.99. The molecule has 1 aromatic heterocycles. The van der Waals surface area contributed by atoms with E-state index in [2.05, 4.69) is 16.0 Å². The van der Waals surface area contributed by atoms with Gasteiger partial charge in [-0.15, -0.1) is 12.3 Å². The van der Waals surface area contributed by atoms with E-state index in [1.165, 1.54) is 17.3 Å². The molecule has 0 bridgehead atoms. The molecule has 0 aliphatic rings. The van der Waals surface area contributed by atoms with Crippen LogP contribution in [0.4, 0.5) is 8.78 Å². The van der Waals surface area contributed by atoms with Crippen molar-refractivity contribution < 1.29 is 31.0 Å². The van der Waals surface area contributed by atoms with Gasteiger partial charge in [-0.1, -0.05) is 0 Å². The minimum atomic E-state index is -1.75. The van der Waals surface area contributed by atoms with Crippen LogP contribution in [-0.2, 0) is 12.1 Å². The van der Waals surface area contributed by atoms with E-state index in [9.17, 15) is 13.9 Å². The second-order valence-corrected chi connectivity index (χ2v) is 4.59. The number of nitrogens with zero attached hydrogens (tertiary/aromatic N) is 2. The highest BCUT2D eigenvalue weighted by atomic mass is 35.5. The average Bonchev–Trinajstić information content (AvgIpc) is 2.93. The molecule has 2 aromatic rings. The van der Waals surface area contributed by atoms with Gasteiger partial charge in [-0.3, -0.25) is 0 Å². The van der Waals surface area contributed by atoms with Crippen LogP contribution in [0.5, 0.6) is 0 Å². The van der Waals surface area contributed by atoms with Crippen LogP contribution < -0.4 is 17.1 Å². The van der Waals surface area contributed by atoms with Crippen molar-refractivity contribution in [3.8, 4) is 12.3 Å². The number of halogens is 3. The van der Waals surface area contributed by atoms with E-state index < -0.39 is 23.2 Å². The molecule has 0 saturated heterocycles. The lowest BCUT2D eigenvalue weighted by Crippen LogP contribution is -3.00. The molecule has 2 N–H and O–H groups in total. The van der Waals surface area contributed by atoms with Gasteiger partial charge in [-0.2, -0.15) is 9.78 Å². The number of nitrogens with one attached hydrogen (secondary N) is 1. The van der Waals surface area contributed by atoms with Gasteiger partial charge in [0.1, 0.15) is 23.8 Å². The minimum absolute atomic E-state index is 0. The summed E-state index contributed by atoms with van der Waals surface area (Å²) in [4.78, 5) is 3.80. The van der Waals surface area contributed by atoms with E-state index in [4.69, 9.17) is 6.42 Å². The largest absolute Gasteiger partial charge is 1.00 e. The van der Waals surface area contributed by atoms with E-state index in [0.29, 0.717) is 0 Å². The van der Waals surface area contributed by atoms with Gasteiger partial charge in [0.05, 0.1) is 5.92 Å². The van der Waals surface area contributed by atoms with Gasteiger partial charge in [0.15, 0.2) is 0 Å². The molecule has 1 aromatic carbocycles. The van der Waals surface area contributed by atoms with Gasteiger partial charge in [0, 0.05) is 5.56 Å². The van der Waals surface area contributed by atoms with Crippen LogP contribution in [0.1, 0.15) is 12.5 Å². The van der Waals surface area contributed by atoms with Gasteiger partial charge < -0.3 is 17.5 Å². The third-order valence-electron chi connectivity index (χ3n) is 3.28. The number of terminal acetylenes is 1. The Hall–Kier alpha value is -1.97. The molecule has 0 radical (unpaired) electrons. The Kier molecular flexibility index (Phi) is 5.41. The predicted molar refractivity (Wildman–Crippen MR) is 67.0 cm³/mol. The third-order valence-corrected chi connectivity index (χ3v) is 3.28. The van der Waals surface area contributed by atoms with Crippen molar-refractivity contribution >= 4 is 0 Å². The first-order valence-electron chi connectivity index (χ1n) is 5.99. The quantitative estimate of drug-likeness (QED) is 0.514. The third kappa shape index (κ3) is 3.38. The van der Waals surface area contributed by atoms with Gasteiger partial charge in [-0.25, -0.2) is 8.78 Å². The van der Waals surface area contributed by atoms with Gasteiger partial charge in [0.25, 0.3) is 0 Å². The van der Waals surface area contributed by atoms with Crippen LogP contribution in [0, 0.1) is 29.9 Å². The summed E-state index contributed by atoms with van der Waals surface area (Å²) in [5.41, 5.74) is -1.93. The van der Waals surface area contributed by atoms with Crippen molar-refractivity contribution in [1.82, 2.24) is 10.1 Å². The lowest BCUT2D eigenvalue weighted by molar-refractivity contribution is -0.765. The highest BCUT2D eigenvalue weighted by Gasteiger charge is 2.40. The Balaban J connectivity index is 0.00000220. The maximum Gasteiger partial charge on any atom is 0.306 e. The number of rotatable bonds is 4. The molecule has 1 heterocycles. The zero-order chi connectivity index (χ0) is 14.8. The summed E-state index contributed by atoms with van der Waals surface area (Å²) < 4.78 is 28.8. The molecule has 21 heavy (non-hydrogen) atoms. The van der Waals surface area contributed by atoms with Gasteiger partial charge >= 0.3 is 6.33 Å². The first kappa shape index (κ1) is 17.1. The smallest absolute Gasteiger partial charge is 0.306 e. The maximum atomic E-state index is 14.0. The fourth-order valence-electron chi connectivity index (χ4n) is 2.02. The molecule has 0 spiro atoms. The zero-order valence-corrected chi connectivity index (χ0v) is 12.0. The van der Waals surface area contributed by atoms with Crippen LogP contribution in [0.2, 0.25) is 0 Å². The fraction of sp³-hybridized carbons (Fsp3) is 0.286. The molecular formula is C14H14ClF2N3O. The maximum absolute atomic E-state index is 14.0. The molecule has 7 heteroatoms. The Morgan fingerprint density at radius 3 is 2.81 bits per heavy atom. The van der Waals surface area contributed by atoms with Gasteiger partial charge in [0.2, 0.25) is 6.33 Å². The van der Waals surface area contributed by atoms with Crippen molar-refractivity contribution in [3.63, 3.8) is 0 Å². The summed E-state index contributed by atoms with van der Waals surface area (Å²) >= 11 is 0. The molecule has 112 valence electrons. The lowest BCUT2D eigenvalue weighted by atomic mass is 9.82. The van der Waals surface area contributed by atoms with Crippen molar-refractivity contribution in [2.24, 2.45) is 5.92 Å². The molecule has 0 amide bonds. The molecule has 0 saturated carbocycles. The molecule has 0 aliphatic heterocycles. The molecule has 2 rings (SSSR count). The van der Waals surface area contributed by atoms with Crippen molar-refractivity contribution in [2.75, 3.05) is 0 Å². The Morgan fingerprint density at radius 2 is 2.24 bits per heavy atom. The van der Waals surface area contributed by atoms with Crippen LogP contribution in [-0.4, -0.2) is 15.2 Å². The summed E-state index contributed by atoms with van der Waals surface area (Å²) in [6, 6.07) is 2.92. The lowest BCUT2D eigenvalue weighted by Gasteiger charge is -2.30. The number of benzene rings is 1. The summed E-state index contributed by atoms with van der Waals surface area (Å²) in [6.45, 7) is 1.50. The van der Waals surface area contributed by atoms with Crippen LogP contribution in [0.15, 0.2) is 30.9 Å². The summed E-state index contributed by atoms with van der Waals surface area (Å²) in [5, 5.41) is 13.5. The Labute approximate surface area is 127 Å². The minimum Gasteiger partial charge on any atom is -1.00 e. The number of aromatic nitrogens is 3. The summed E-state index contributed by atoms with van der Waals surface area (Å²) in [7, 11) is 0. The second kappa shape index (κ2) is 6.66. The van der Waals surface area contributed by atoms with E-state index >= 15 is 0 Å². The van der Waals surface area contributed by atoms with E-state index in [-0.39, 0.29) is 24.5 Å². The number of aromatic amines is 1. The van der Waals surface area contributed by atoms with Gasteiger partial charge in [-0.05, 0) is 30.1 Å². The first-order chi connectivity index (χ1) is 9.47. The van der Waals surface area contributed by atoms with E-state index in [1.807, 2.05) is 0 Å². The normalized spacial score (nSPS) is 14.6. The second-order valence-electron chi connectivity index (χ2n) is 4.59. The molecule has 0 fully saturated rings. The fourth-order valence-corrected chi connectivity index (χ4v) is 2.02. The van der Waals surface area contributed by atoms with Crippen LogP contribution >= 0.6 is 0 Å². The summed E-state index contributed by atoms with van der Waals surface area (Å²) in [6.07, 6.45) is 8.18. The van der Waals surface area contributed by atoms with Crippen molar-refractivity contribution in [2.45, 2.75) is 19.1 Å². The molecule has 4 nitrogen and oxygen atoms in total. The highest BCUT2D eigenvalue weighted by molar-refractivity contribution is 5.27. The number of H-pyrrole nitrogens is 1. The van der Waals surface area contributed by atoms with E-state index in [0.717, 1.165) is 18.2 Å². The number of hydrogen-bond donors (Lipinski definition) is 2. The molecule has 0 aliphatic carbocycles. The number of hydrogen-bond acceptors (Lipinski definition) is 2. The SMILES string of the molecule is C#CC(C)C(O)(C[n+]1cnc[nH]1)c1cc(F)ccc1F.[Cl-]. The Morgan fingerprint density at radius 1 is 1.52 bits per heavy atom. The molecule has 2 atom stereocenters. The van der Waals surface area contributed by atoms with Crippen molar-refractivity contribution in [3.05, 3.63) is 48.1 Å². The summed E-state index contributed by atoms with van der Waals surface area (Å²) in [5.74, 6) is 0.297. The predicted octanol–water partition coefficient (Wildman–Crippen LogP) is -1.86. The number of aliphatic hydroxyl groups is 1. The topological polar surface area (TPSA) is 52.8 Å². The standard InChI is InChI=1S/C14H13F2N3O.ClH/c1-3-10(2)14(20,7-19-9-17-8-18-19)12-6-11(15)4-5-13(12)16;/h1,4-6,8-10,20H,7H2,2H3;1H. The van der Waals surface area contributed by atoms with Crippen molar-refractivity contribution in [1.29, 1.82) is 0 Å². The molecule has 2 unspecified atom stereocenters. The van der Waals surface area contributed by atoms with Crippen LogP contribution in [0.3, 0.4) is 0 Å². The monoisotopic (exact) mass is 313 g/mol. The average molecular weight is 314 g/mol. The highest BCUT2D eigenvalue weighted by Crippen LogP contribution is 2.32. The Bertz CT molecular complexity index is 642.